The van der Waals surface area contributed by atoms with E-state index in [9.17, 15) is 33.1 Å². The second-order valence-electron chi connectivity index (χ2n) is 20.5. The number of esters is 1. The third kappa shape index (κ3) is 46.5. The van der Waals surface area contributed by atoms with Gasteiger partial charge in [0.05, 0.1) is 19.8 Å². The molecule has 0 spiro atoms. The van der Waals surface area contributed by atoms with E-state index in [1.54, 1.807) is 0 Å². The lowest BCUT2D eigenvalue weighted by molar-refractivity contribution is -0.301. The SMILES string of the molecule is CC/C=C\C/C=C\C/C=C\C/C=C\C/C=C\CCCCCCCCCCCC(=O)OC(COCCCCCCCCCCCCCCC/C=C\C/C=C\C/C=C\C/C=C\CC)COC1OC(CO)C(O)C(OS(=O)(=O)O)C1O. The van der Waals surface area contributed by atoms with E-state index >= 15 is 0 Å². The molecule has 4 N–H and O–H groups in total. The molecule has 78 heavy (non-hydrogen) atoms. The summed E-state index contributed by atoms with van der Waals surface area (Å²) in [6.07, 6.45) is 68.4. The Morgan fingerprint density at radius 2 is 0.846 bits per heavy atom. The highest BCUT2D eigenvalue weighted by Gasteiger charge is 2.48. The number of rotatable bonds is 53. The van der Waals surface area contributed by atoms with Crippen LogP contribution in [0, 0.1) is 0 Å². The lowest BCUT2D eigenvalue weighted by Crippen LogP contribution is -2.60. The van der Waals surface area contributed by atoms with Crippen molar-refractivity contribution in [3.8, 4) is 0 Å². The zero-order chi connectivity index (χ0) is 56.7. The van der Waals surface area contributed by atoms with Crippen LogP contribution in [0.3, 0.4) is 0 Å². The van der Waals surface area contributed by atoms with Crippen LogP contribution in [0.25, 0.3) is 0 Å². The maximum atomic E-state index is 13.0. The van der Waals surface area contributed by atoms with E-state index < -0.39 is 59.8 Å². The molecular weight excluding hydrogens is 1000 g/mol. The number of aliphatic hydroxyl groups is 3. The van der Waals surface area contributed by atoms with Crippen LogP contribution in [0.1, 0.15) is 232 Å². The number of allylic oxidation sites excluding steroid dienone is 18. The fourth-order valence-electron chi connectivity index (χ4n) is 8.87. The molecule has 6 atom stereocenters. The summed E-state index contributed by atoms with van der Waals surface area (Å²) in [7, 11) is -5.08. The third-order valence-electron chi connectivity index (χ3n) is 13.4. The highest BCUT2D eigenvalue weighted by molar-refractivity contribution is 7.80. The van der Waals surface area contributed by atoms with Gasteiger partial charge in [-0.1, -0.05) is 239 Å². The van der Waals surface area contributed by atoms with Gasteiger partial charge in [0.25, 0.3) is 0 Å². The first kappa shape index (κ1) is 72.8. The Hall–Kier alpha value is -3.24. The minimum atomic E-state index is -5.08. The first-order valence-corrected chi connectivity index (χ1v) is 32.0. The summed E-state index contributed by atoms with van der Waals surface area (Å²) >= 11 is 0. The van der Waals surface area contributed by atoms with Gasteiger partial charge in [0, 0.05) is 13.0 Å². The van der Waals surface area contributed by atoms with Gasteiger partial charge < -0.3 is 34.3 Å². The molecule has 0 aromatic carbocycles. The molecule has 1 rings (SSSR count). The van der Waals surface area contributed by atoms with Crippen molar-refractivity contribution in [1.82, 2.24) is 0 Å². The Labute approximate surface area is 475 Å². The summed E-state index contributed by atoms with van der Waals surface area (Å²) in [5.74, 6) is -0.408. The normalized spacial score (nSPS) is 19.2. The molecule has 1 fully saturated rings. The first-order chi connectivity index (χ1) is 38.1. The summed E-state index contributed by atoms with van der Waals surface area (Å²) in [5.41, 5.74) is 0. The van der Waals surface area contributed by atoms with Gasteiger partial charge in [-0.15, -0.1) is 0 Å². The van der Waals surface area contributed by atoms with Crippen LogP contribution in [0.15, 0.2) is 109 Å². The number of carbonyl (C=O) groups excluding carboxylic acids is 1. The molecule has 0 aromatic rings. The predicted octanol–water partition coefficient (Wildman–Crippen LogP) is 15.9. The van der Waals surface area contributed by atoms with Gasteiger partial charge in [0.15, 0.2) is 6.29 Å². The summed E-state index contributed by atoms with van der Waals surface area (Å²) in [6, 6.07) is 0. The molecule has 0 aliphatic carbocycles. The number of ether oxygens (including phenoxy) is 4. The average Bonchev–Trinajstić information content (AvgIpc) is 3.46. The largest absolute Gasteiger partial charge is 0.457 e. The van der Waals surface area contributed by atoms with Gasteiger partial charge in [-0.05, 0) is 96.3 Å². The third-order valence-corrected chi connectivity index (χ3v) is 13.9. The number of unbranched alkanes of at least 4 members (excludes halogenated alkanes) is 22. The fourth-order valence-corrected chi connectivity index (χ4v) is 9.38. The zero-order valence-corrected chi connectivity index (χ0v) is 49.5. The Kier molecular flexibility index (Phi) is 50.7. The van der Waals surface area contributed by atoms with Crippen molar-refractivity contribution < 1.29 is 56.2 Å². The molecule has 6 unspecified atom stereocenters. The number of hydrogen-bond acceptors (Lipinski definition) is 11. The molecule has 1 aliphatic rings. The lowest BCUT2D eigenvalue weighted by atomic mass is 9.99. The number of carbonyl (C=O) groups is 1. The van der Waals surface area contributed by atoms with Crippen LogP contribution < -0.4 is 0 Å². The van der Waals surface area contributed by atoms with Crippen molar-refractivity contribution in [3.05, 3.63) is 109 Å². The molecule has 12 nitrogen and oxygen atoms in total. The van der Waals surface area contributed by atoms with Gasteiger partial charge in [0.1, 0.15) is 30.5 Å². The standard InChI is InChI=1S/C65H110O12S/c1-3-5-7-9-11-13-15-17-19-21-23-25-27-29-31-33-35-37-39-41-43-45-47-49-51-53-55-73-57-59(58-74-65-63(69)64(77-78(70,71)72)62(68)60(56-66)76-65)75-61(67)54-52-50-48-46-44-42-40-38-36-34-32-30-28-26-24-22-20-18-16-14-12-10-8-6-4-2/h5-8,11-14,17-20,23-26,30,32,59-60,62-66,68-69H,3-4,9-10,15-16,21-22,27-29,31,33-58H2,1-2H3,(H,70,71,72)/b7-5-,8-6-,13-11-,14-12-,19-17-,20-18-,25-23-,26-24-,32-30-. The van der Waals surface area contributed by atoms with Gasteiger partial charge in [-0.25, -0.2) is 4.18 Å². The monoisotopic (exact) mass is 1110 g/mol. The van der Waals surface area contributed by atoms with E-state index in [-0.39, 0.29) is 19.6 Å². The van der Waals surface area contributed by atoms with Crippen LogP contribution in [0.5, 0.6) is 0 Å². The molecular formula is C65H110O12S. The Morgan fingerprint density at radius 1 is 0.487 bits per heavy atom. The van der Waals surface area contributed by atoms with E-state index in [4.69, 9.17) is 18.9 Å². The molecule has 1 heterocycles. The minimum absolute atomic E-state index is 0.0269. The molecule has 0 aromatic heterocycles. The van der Waals surface area contributed by atoms with E-state index in [1.165, 1.54) is 103 Å². The molecule has 0 radical (unpaired) electrons. The van der Waals surface area contributed by atoms with Crippen LogP contribution in [-0.4, -0.2) is 97.5 Å². The van der Waals surface area contributed by atoms with Crippen LogP contribution in [0.2, 0.25) is 0 Å². The van der Waals surface area contributed by atoms with Crippen LogP contribution in [-0.2, 0) is 38.3 Å². The van der Waals surface area contributed by atoms with Gasteiger partial charge in [-0.3, -0.25) is 9.35 Å². The quantitative estimate of drug-likeness (QED) is 0.0196. The van der Waals surface area contributed by atoms with E-state index in [1.807, 2.05) is 0 Å². The second-order valence-corrected chi connectivity index (χ2v) is 21.6. The summed E-state index contributed by atoms with van der Waals surface area (Å²) < 4.78 is 59.5. The molecule has 1 saturated heterocycles. The summed E-state index contributed by atoms with van der Waals surface area (Å²) in [4.78, 5) is 13.0. The summed E-state index contributed by atoms with van der Waals surface area (Å²) in [5, 5.41) is 30.9. The number of aliphatic hydroxyl groups excluding tert-OH is 3. The molecule has 448 valence electrons. The van der Waals surface area contributed by atoms with E-state index in [0.29, 0.717) is 13.0 Å². The van der Waals surface area contributed by atoms with Crippen molar-refractivity contribution >= 4 is 16.4 Å². The zero-order valence-electron chi connectivity index (χ0n) is 48.7. The maximum absolute atomic E-state index is 13.0. The van der Waals surface area contributed by atoms with Crippen molar-refractivity contribution in [2.45, 2.75) is 269 Å². The lowest BCUT2D eigenvalue weighted by Gasteiger charge is -2.41. The molecule has 13 heteroatoms. The maximum Gasteiger partial charge on any atom is 0.397 e. The topological polar surface area (TPSA) is 178 Å². The Balaban J connectivity index is 2.28. The Bertz CT molecular complexity index is 1760. The number of hydrogen-bond donors (Lipinski definition) is 4. The Morgan fingerprint density at radius 3 is 1.23 bits per heavy atom. The van der Waals surface area contributed by atoms with Crippen molar-refractivity contribution in [2.24, 2.45) is 0 Å². The van der Waals surface area contributed by atoms with Crippen LogP contribution >= 0.6 is 0 Å². The highest BCUT2D eigenvalue weighted by Crippen LogP contribution is 2.26. The van der Waals surface area contributed by atoms with E-state index in [0.717, 1.165) is 103 Å². The molecule has 0 amide bonds. The van der Waals surface area contributed by atoms with Crippen molar-refractivity contribution in [3.63, 3.8) is 0 Å². The van der Waals surface area contributed by atoms with E-state index in [2.05, 4.69) is 127 Å². The smallest absolute Gasteiger partial charge is 0.397 e. The van der Waals surface area contributed by atoms with Gasteiger partial charge >= 0.3 is 16.4 Å². The predicted molar refractivity (Wildman–Crippen MR) is 321 cm³/mol. The molecule has 0 bridgehead atoms. The average molecular weight is 1120 g/mol. The second kappa shape index (κ2) is 54.4. The van der Waals surface area contributed by atoms with Gasteiger partial charge in [0.2, 0.25) is 0 Å². The first-order valence-electron chi connectivity index (χ1n) is 30.6. The van der Waals surface area contributed by atoms with Crippen molar-refractivity contribution in [2.75, 3.05) is 26.4 Å². The molecule has 1 aliphatic heterocycles. The highest BCUT2D eigenvalue weighted by atomic mass is 32.3. The fraction of sp³-hybridized carbons (Fsp3) is 0.708. The van der Waals surface area contributed by atoms with Gasteiger partial charge in [-0.2, -0.15) is 8.42 Å². The van der Waals surface area contributed by atoms with Crippen molar-refractivity contribution in [1.29, 1.82) is 0 Å². The summed E-state index contributed by atoms with van der Waals surface area (Å²) in [6.45, 7) is 3.77. The minimum Gasteiger partial charge on any atom is -0.457 e. The molecule has 0 saturated carbocycles. The van der Waals surface area contributed by atoms with Crippen LogP contribution in [0.4, 0.5) is 0 Å².